The minimum absolute atomic E-state index is 0.149. The van der Waals surface area contributed by atoms with E-state index in [1.807, 2.05) is 6.07 Å². The zero-order valence-electron chi connectivity index (χ0n) is 11.4. The van der Waals surface area contributed by atoms with Gasteiger partial charge < -0.3 is 10.5 Å². The molecular formula is C14H21NO2S. The van der Waals surface area contributed by atoms with Crippen molar-refractivity contribution in [3.8, 4) is 0 Å². The van der Waals surface area contributed by atoms with Crippen LogP contribution in [0.25, 0.3) is 0 Å². The van der Waals surface area contributed by atoms with E-state index in [2.05, 4.69) is 20.8 Å². The van der Waals surface area contributed by atoms with Gasteiger partial charge in [0.2, 0.25) is 0 Å². The normalized spacial score (nSPS) is 11.3. The third kappa shape index (κ3) is 4.61. The molecule has 0 radical (unpaired) electrons. The van der Waals surface area contributed by atoms with Crippen molar-refractivity contribution in [2.75, 3.05) is 12.3 Å². The molecule has 0 amide bonds. The topological polar surface area (TPSA) is 52.3 Å². The zero-order valence-corrected chi connectivity index (χ0v) is 12.3. The Hall–Kier alpha value is -1.16. The van der Waals surface area contributed by atoms with Gasteiger partial charge >= 0.3 is 5.97 Å². The number of nitrogens with two attached hydrogens (primary N) is 1. The summed E-state index contributed by atoms with van der Waals surface area (Å²) in [4.78, 5) is 11.8. The lowest BCUT2D eigenvalue weighted by Gasteiger charge is -2.18. The van der Waals surface area contributed by atoms with Crippen LogP contribution in [-0.2, 0) is 10.5 Å². The van der Waals surface area contributed by atoms with Crippen LogP contribution in [0.3, 0.4) is 0 Å². The van der Waals surface area contributed by atoms with Gasteiger partial charge in [-0.25, -0.2) is 4.79 Å². The number of hydrogen-bond donors (Lipinski definition) is 1. The molecule has 0 spiro atoms. The van der Waals surface area contributed by atoms with Gasteiger partial charge in [0.15, 0.2) is 0 Å². The van der Waals surface area contributed by atoms with Crippen LogP contribution in [-0.4, -0.2) is 17.3 Å². The summed E-state index contributed by atoms with van der Waals surface area (Å²) < 4.78 is 5.20. The molecule has 0 bridgehead atoms. The highest BCUT2D eigenvalue weighted by Crippen LogP contribution is 2.29. The van der Waals surface area contributed by atoms with Gasteiger partial charge in [0.05, 0.1) is 12.2 Å². The van der Waals surface area contributed by atoms with Gasteiger partial charge in [0.1, 0.15) is 0 Å². The second-order valence-corrected chi connectivity index (χ2v) is 6.84. The summed E-state index contributed by atoms with van der Waals surface area (Å²) in [6.07, 6.45) is 0. The van der Waals surface area contributed by atoms with E-state index in [0.29, 0.717) is 17.9 Å². The van der Waals surface area contributed by atoms with Crippen LogP contribution in [0.1, 0.15) is 43.6 Å². The average Bonchev–Trinajstić information content (AvgIpc) is 2.25. The first-order valence-corrected chi connectivity index (χ1v) is 7.01. The number of nitrogen functional groups attached to an aromatic ring is 1. The molecule has 1 aromatic rings. The molecule has 0 aliphatic rings. The first-order chi connectivity index (χ1) is 8.33. The van der Waals surface area contributed by atoms with Crippen molar-refractivity contribution in [2.24, 2.45) is 0 Å². The lowest BCUT2D eigenvalue weighted by Crippen LogP contribution is -2.11. The fourth-order valence-electron chi connectivity index (χ4n) is 1.44. The number of carbonyl (C=O) groups excluding carboxylic acids is 1. The number of hydrogen-bond acceptors (Lipinski definition) is 4. The highest BCUT2D eigenvalue weighted by molar-refractivity contribution is 7.99. The molecule has 1 aromatic carbocycles. The van der Waals surface area contributed by atoms with E-state index in [1.165, 1.54) is 0 Å². The van der Waals surface area contributed by atoms with Crippen molar-refractivity contribution in [1.29, 1.82) is 0 Å². The third-order valence-corrected chi connectivity index (χ3v) is 3.61. The van der Waals surface area contributed by atoms with E-state index >= 15 is 0 Å². The second kappa shape index (κ2) is 6.14. The lowest BCUT2D eigenvalue weighted by molar-refractivity contribution is 0.0525. The van der Waals surface area contributed by atoms with Crippen molar-refractivity contribution in [1.82, 2.24) is 0 Å². The van der Waals surface area contributed by atoms with Crippen LogP contribution in [0.4, 0.5) is 5.69 Å². The Bertz CT molecular complexity index is 424. The number of ether oxygens (including phenoxy) is 1. The number of thioether (sulfide) groups is 1. The van der Waals surface area contributed by atoms with Gasteiger partial charge in [0, 0.05) is 16.2 Å². The zero-order chi connectivity index (χ0) is 13.8. The van der Waals surface area contributed by atoms with Gasteiger partial charge in [-0.15, -0.1) is 0 Å². The van der Waals surface area contributed by atoms with Crippen LogP contribution in [0, 0.1) is 0 Å². The predicted molar refractivity (Wildman–Crippen MR) is 77.9 cm³/mol. The molecule has 1 rings (SSSR count). The largest absolute Gasteiger partial charge is 0.462 e. The first-order valence-electron chi connectivity index (χ1n) is 6.03. The van der Waals surface area contributed by atoms with Gasteiger partial charge in [0.25, 0.3) is 0 Å². The molecule has 100 valence electrons. The first kappa shape index (κ1) is 14.9. The Balaban J connectivity index is 2.93. The van der Waals surface area contributed by atoms with Gasteiger partial charge in [-0.1, -0.05) is 20.8 Å². The number of rotatable bonds is 4. The fraction of sp³-hybridized carbons (Fsp3) is 0.500. The smallest absolute Gasteiger partial charge is 0.338 e. The van der Waals surface area contributed by atoms with Crippen LogP contribution < -0.4 is 5.73 Å². The van der Waals surface area contributed by atoms with Crippen molar-refractivity contribution >= 4 is 23.4 Å². The summed E-state index contributed by atoms with van der Waals surface area (Å²) in [5.41, 5.74) is 8.01. The van der Waals surface area contributed by atoms with Crippen molar-refractivity contribution in [3.63, 3.8) is 0 Å². The van der Waals surface area contributed by atoms with E-state index in [0.717, 1.165) is 11.3 Å². The van der Waals surface area contributed by atoms with Gasteiger partial charge in [-0.05, 0) is 30.7 Å². The van der Waals surface area contributed by atoms with Gasteiger partial charge in [-0.2, -0.15) is 11.8 Å². The minimum atomic E-state index is -0.276. The average molecular weight is 267 g/mol. The second-order valence-electron chi connectivity index (χ2n) is 5.04. The number of esters is 1. The molecule has 4 heteroatoms. The molecule has 0 unspecified atom stereocenters. The number of carbonyl (C=O) groups is 1. The maximum absolute atomic E-state index is 11.8. The minimum Gasteiger partial charge on any atom is -0.462 e. The summed E-state index contributed by atoms with van der Waals surface area (Å²) in [5.74, 6) is 0.477. The summed E-state index contributed by atoms with van der Waals surface area (Å²) in [6.45, 7) is 8.63. The van der Waals surface area contributed by atoms with Crippen molar-refractivity contribution < 1.29 is 9.53 Å². The van der Waals surface area contributed by atoms with E-state index in [-0.39, 0.29) is 10.7 Å². The highest BCUT2D eigenvalue weighted by atomic mass is 32.2. The molecule has 0 aliphatic heterocycles. The predicted octanol–water partition coefficient (Wildman–Crippen LogP) is 3.48. The Morgan fingerprint density at radius 1 is 1.39 bits per heavy atom. The van der Waals surface area contributed by atoms with Crippen LogP contribution in [0.5, 0.6) is 0 Å². The summed E-state index contributed by atoms with van der Waals surface area (Å²) >= 11 is 1.78. The highest BCUT2D eigenvalue weighted by Gasteiger charge is 2.16. The van der Waals surface area contributed by atoms with E-state index in [9.17, 15) is 4.79 Å². The Labute approximate surface area is 113 Å². The molecule has 0 aromatic heterocycles. The molecule has 3 nitrogen and oxygen atoms in total. The fourth-order valence-corrected chi connectivity index (χ4v) is 2.26. The Kier molecular flexibility index (Phi) is 5.08. The molecular weight excluding hydrogens is 246 g/mol. The van der Waals surface area contributed by atoms with Gasteiger partial charge in [-0.3, -0.25) is 0 Å². The Morgan fingerprint density at radius 3 is 2.61 bits per heavy atom. The van der Waals surface area contributed by atoms with E-state index in [4.69, 9.17) is 10.5 Å². The van der Waals surface area contributed by atoms with E-state index < -0.39 is 0 Å². The maximum Gasteiger partial charge on any atom is 0.338 e. The summed E-state index contributed by atoms with van der Waals surface area (Å²) in [7, 11) is 0. The van der Waals surface area contributed by atoms with Crippen LogP contribution >= 0.6 is 11.8 Å². The monoisotopic (exact) mass is 267 g/mol. The quantitative estimate of drug-likeness (QED) is 0.670. The molecule has 0 aliphatic carbocycles. The molecule has 0 heterocycles. The van der Waals surface area contributed by atoms with Crippen molar-refractivity contribution in [3.05, 3.63) is 29.3 Å². The standard InChI is InChI=1S/C14H21NO2S/c1-5-17-13(16)12-7-6-11(15)8-10(12)9-18-14(2,3)4/h6-8H,5,9,15H2,1-4H3. The Morgan fingerprint density at radius 2 is 2.06 bits per heavy atom. The maximum atomic E-state index is 11.8. The molecule has 0 saturated carbocycles. The summed E-state index contributed by atoms with van der Waals surface area (Å²) in [6, 6.07) is 5.33. The third-order valence-electron chi connectivity index (χ3n) is 2.29. The SMILES string of the molecule is CCOC(=O)c1ccc(N)cc1CSC(C)(C)C. The molecule has 0 saturated heterocycles. The van der Waals surface area contributed by atoms with Crippen LogP contribution in [0.2, 0.25) is 0 Å². The van der Waals surface area contributed by atoms with Crippen LogP contribution in [0.15, 0.2) is 18.2 Å². The summed E-state index contributed by atoms with van der Waals surface area (Å²) in [5, 5.41) is 0. The number of benzene rings is 1. The lowest BCUT2D eigenvalue weighted by atomic mass is 10.1. The molecule has 2 N–H and O–H groups in total. The molecule has 0 atom stereocenters. The molecule has 18 heavy (non-hydrogen) atoms. The number of anilines is 1. The van der Waals surface area contributed by atoms with Crippen molar-refractivity contribution in [2.45, 2.75) is 38.2 Å². The van der Waals surface area contributed by atoms with E-state index in [1.54, 1.807) is 30.8 Å². The molecule has 0 fully saturated rings.